The molecule has 0 bridgehead atoms. The lowest BCUT2D eigenvalue weighted by molar-refractivity contribution is 0.388. The molecule has 0 saturated carbocycles. The van der Waals surface area contributed by atoms with Crippen LogP contribution in [-0.4, -0.2) is 14.2 Å². The topological polar surface area (TPSA) is 44.5 Å². The molecule has 0 saturated heterocycles. The molecule has 0 fully saturated rings. The molecule has 1 atom stereocenters. The summed E-state index contributed by atoms with van der Waals surface area (Å²) in [6.07, 6.45) is 0.412. The Morgan fingerprint density at radius 2 is 1.85 bits per heavy atom. The van der Waals surface area contributed by atoms with E-state index in [2.05, 4.69) is 0 Å². The van der Waals surface area contributed by atoms with Crippen LogP contribution in [0.5, 0.6) is 11.5 Å². The number of hydrogen-bond donors (Lipinski definition) is 1. The quantitative estimate of drug-likeness (QED) is 0.912. The summed E-state index contributed by atoms with van der Waals surface area (Å²) in [6.45, 7) is 0. The van der Waals surface area contributed by atoms with E-state index in [4.69, 9.17) is 15.2 Å². The molecule has 0 aromatic heterocycles. The summed E-state index contributed by atoms with van der Waals surface area (Å²) in [5.41, 5.74) is 7.60. The fraction of sp³-hybridized carbons (Fsp3) is 0.250. The van der Waals surface area contributed by atoms with Gasteiger partial charge in [-0.3, -0.25) is 0 Å². The van der Waals surface area contributed by atoms with Crippen molar-refractivity contribution in [3.63, 3.8) is 0 Å². The molecule has 20 heavy (non-hydrogen) atoms. The van der Waals surface area contributed by atoms with Gasteiger partial charge in [0.05, 0.1) is 14.2 Å². The molecule has 106 valence electrons. The number of hydrogen-bond acceptors (Lipinski definition) is 3. The van der Waals surface area contributed by atoms with Gasteiger partial charge in [0.25, 0.3) is 0 Å². The Morgan fingerprint density at radius 3 is 2.50 bits per heavy atom. The van der Waals surface area contributed by atoms with E-state index in [0.29, 0.717) is 23.5 Å². The van der Waals surface area contributed by atoms with Crippen molar-refractivity contribution in [3.8, 4) is 11.5 Å². The number of methoxy groups -OCH3 is 2. The van der Waals surface area contributed by atoms with Gasteiger partial charge in [0.1, 0.15) is 17.3 Å². The highest BCUT2D eigenvalue weighted by atomic mass is 19.1. The summed E-state index contributed by atoms with van der Waals surface area (Å²) in [5.74, 6) is 1.10. The van der Waals surface area contributed by atoms with Crippen LogP contribution in [0.15, 0.2) is 42.5 Å². The van der Waals surface area contributed by atoms with E-state index >= 15 is 0 Å². The fourth-order valence-electron chi connectivity index (χ4n) is 2.14. The molecule has 0 heterocycles. The first-order valence-corrected chi connectivity index (χ1v) is 6.36. The Bertz CT molecular complexity index is 586. The molecular formula is C16H18FNO2. The van der Waals surface area contributed by atoms with Crippen LogP contribution in [0.1, 0.15) is 17.2 Å². The van der Waals surface area contributed by atoms with Crippen LogP contribution < -0.4 is 15.2 Å². The zero-order valence-electron chi connectivity index (χ0n) is 11.6. The van der Waals surface area contributed by atoms with E-state index in [1.165, 1.54) is 6.07 Å². The van der Waals surface area contributed by atoms with E-state index in [1.807, 2.05) is 12.1 Å². The van der Waals surface area contributed by atoms with Crippen molar-refractivity contribution in [1.82, 2.24) is 0 Å². The van der Waals surface area contributed by atoms with Crippen LogP contribution in [0.3, 0.4) is 0 Å². The second kappa shape index (κ2) is 6.39. The summed E-state index contributed by atoms with van der Waals surface area (Å²) in [5, 5.41) is 0. The average molecular weight is 275 g/mol. The largest absolute Gasteiger partial charge is 0.497 e. The fourth-order valence-corrected chi connectivity index (χ4v) is 2.14. The average Bonchev–Trinajstić information content (AvgIpc) is 2.48. The van der Waals surface area contributed by atoms with Crippen LogP contribution in [0.25, 0.3) is 0 Å². The minimum absolute atomic E-state index is 0.240. The third-order valence-electron chi connectivity index (χ3n) is 3.24. The molecule has 0 spiro atoms. The maximum Gasteiger partial charge on any atom is 0.127 e. The molecule has 2 aromatic rings. The second-order valence-electron chi connectivity index (χ2n) is 4.51. The molecule has 3 nitrogen and oxygen atoms in total. The van der Waals surface area contributed by atoms with Gasteiger partial charge in [0.2, 0.25) is 0 Å². The smallest absolute Gasteiger partial charge is 0.127 e. The van der Waals surface area contributed by atoms with Crippen molar-refractivity contribution in [2.45, 2.75) is 12.5 Å². The van der Waals surface area contributed by atoms with Gasteiger partial charge in [-0.1, -0.05) is 24.3 Å². The molecule has 2 rings (SSSR count). The van der Waals surface area contributed by atoms with Crippen molar-refractivity contribution < 1.29 is 13.9 Å². The highest BCUT2D eigenvalue weighted by Crippen LogP contribution is 2.30. The van der Waals surface area contributed by atoms with E-state index in [1.54, 1.807) is 38.5 Å². The zero-order chi connectivity index (χ0) is 14.5. The standard InChI is InChI=1S/C16H18FNO2/c1-19-12-7-8-13(16(10-12)20-2)15(18)9-11-5-3-4-6-14(11)17/h3-8,10,15H,9,18H2,1-2H3. The summed E-state index contributed by atoms with van der Waals surface area (Å²) < 4.78 is 24.1. The lowest BCUT2D eigenvalue weighted by atomic mass is 9.98. The van der Waals surface area contributed by atoms with Crippen LogP contribution in [-0.2, 0) is 6.42 Å². The summed E-state index contributed by atoms with van der Waals surface area (Å²) >= 11 is 0. The Hall–Kier alpha value is -2.07. The number of benzene rings is 2. The SMILES string of the molecule is COc1ccc(C(N)Cc2ccccc2F)c(OC)c1. The third kappa shape index (κ3) is 3.08. The zero-order valence-corrected chi connectivity index (χ0v) is 11.6. The van der Waals surface area contributed by atoms with E-state index in [0.717, 1.165) is 5.56 Å². The lowest BCUT2D eigenvalue weighted by Crippen LogP contribution is -2.15. The molecule has 4 heteroatoms. The highest BCUT2D eigenvalue weighted by Gasteiger charge is 2.15. The van der Waals surface area contributed by atoms with E-state index in [-0.39, 0.29) is 11.9 Å². The maximum atomic E-state index is 13.7. The lowest BCUT2D eigenvalue weighted by Gasteiger charge is -2.17. The molecule has 2 N–H and O–H groups in total. The summed E-state index contributed by atoms with van der Waals surface area (Å²) in [7, 11) is 3.17. The van der Waals surface area contributed by atoms with Crippen molar-refractivity contribution in [2.24, 2.45) is 5.73 Å². The molecule has 0 radical (unpaired) electrons. The first-order valence-electron chi connectivity index (χ1n) is 6.36. The normalized spacial score (nSPS) is 12.0. The Kier molecular flexibility index (Phi) is 4.58. The van der Waals surface area contributed by atoms with Gasteiger partial charge in [-0.15, -0.1) is 0 Å². The molecule has 1 unspecified atom stereocenters. The van der Waals surface area contributed by atoms with Crippen LogP contribution >= 0.6 is 0 Å². The Morgan fingerprint density at radius 1 is 1.10 bits per heavy atom. The van der Waals surface area contributed by atoms with Crippen LogP contribution in [0.4, 0.5) is 4.39 Å². The molecular weight excluding hydrogens is 257 g/mol. The predicted molar refractivity (Wildman–Crippen MR) is 76.6 cm³/mol. The van der Waals surface area contributed by atoms with Crippen molar-refractivity contribution in [2.75, 3.05) is 14.2 Å². The van der Waals surface area contributed by atoms with Gasteiger partial charge < -0.3 is 15.2 Å². The molecule has 0 amide bonds. The first kappa shape index (κ1) is 14.3. The third-order valence-corrected chi connectivity index (χ3v) is 3.24. The van der Waals surface area contributed by atoms with Gasteiger partial charge in [0.15, 0.2) is 0 Å². The minimum atomic E-state index is -0.340. The molecule has 0 aliphatic carbocycles. The van der Waals surface area contributed by atoms with Crippen molar-refractivity contribution >= 4 is 0 Å². The van der Waals surface area contributed by atoms with Crippen LogP contribution in [0, 0.1) is 5.82 Å². The van der Waals surface area contributed by atoms with Crippen molar-refractivity contribution in [1.29, 1.82) is 0 Å². The van der Waals surface area contributed by atoms with Gasteiger partial charge in [-0.05, 0) is 24.1 Å². The van der Waals surface area contributed by atoms with Gasteiger partial charge in [-0.25, -0.2) is 4.39 Å². The van der Waals surface area contributed by atoms with Crippen LogP contribution in [0.2, 0.25) is 0 Å². The second-order valence-corrected chi connectivity index (χ2v) is 4.51. The van der Waals surface area contributed by atoms with Crippen molar-refractivity contribution in [3.05, 3.63) is 59.4 Å². The summed E-state index contributed by atoms with van der Waals surface area (Å²) in [4.78, 5) is 0. The molecule has 0 aliphatic rings. The van der Waals surface area contributed by atoms with Gasteiger partial charge in [-0.2, -0.15) is 0 Å². The number of nitrogens with two attached hydrogens (primary N) is 1. The highest BCUT2D eigenvalue weighted by molar-refractivity contribution is 5.43. The van der Waals surface area contributed by atoms with E-state index < -0.39 is 0 Å². The Labute approximate surface area is 118 Å². The van der Waals surface area contributed by atoms with E-state index in [9.17, 15) is 4.39 Å². The Balaban J connectivity index is 2.25. The number of ether oxygens (including phenoxy) is 2. The predicted octanol–water partition coefficient (Wildman–Crippen LogP) is 3.09. The van der Waals surface area contributed by atoms with Gasteiger partial charge >= 0.3 is 0 Å². The first-order chi connectivity index (χ1) is 9.65. The molecule has 0 aliphatic heterocycles. The number of halogens is 1. The number of rotatable bonds is 5. The summed E-state index contributed by atoms with van der Waals surface area (Å²) in [6, 6.07) is 11.7. The van der Waals surface area contributed by atoms with Gasteiger partial charge in [0, 0.05) is 17.7 Å². The molecule has 2 aromatic carbocycles. The monoisotopic (exact) mass is 275 g/mol. The minimum Gasteiger partial charge on any atom is -0.497 e. The maximum absolute atomic E-state index is 13.7.